The van der Waals surface area contributed by atoms with Crippen molar-refractivity contribution in [3.05, 3.63) is 36.2 Å². The van der Waals surface area contributed by atoms with E-state index in [4.69, 9.17) is 9.84 Å². The number of hydrogen-bond acceptors (Lipinski definition) is 7. The van der Waals surface area contributed by atoms with E-state index >= 15 is 0 Å². The van der Waals surface area contributed by atoms with Gasteiger partial charge in [0.25, 0.3) is 0 Å². The van der Waals surface area contributed by atoms with Gasteiger partial charge in [-0.3, -0.25) is 4.98 Å². The molecule has 0 atom stereocenters. The molecule has 9 heteroatoms. The Kier molecular flexibility index (Phi) is 4.50. The van der Waals surface area contributed by atoms with E-state index in [1.807, 2.05) is 0 Å². The Morgan fingerprint density at radius 3 is 2.88 bits per heavy atom. The van der Waals surface area contributed by atoms with Crippen molar-refractivity contribution >= 4 is 18.0 Å². The number of nitrogens with zero attached hydrogens (tertiary/aromatic N) is 4. The molecule has 0 unspecified atom stereocenters. The number of cyclic esters (lactones) is 1. The second-order valence-electron chi connectivity index (χ2n) is 5.03. The number of carboxylic acids is 1. The second kappa shape index (κ2) is 6.90. The number of carboxylic acid groups (broad SMARTS) is 1. The monoisotopic (exact) mass is 329 g/mol. The molecule has 0 saturated carbocycles. The van der Waals surface area contributed by atoms with Gasteiger partial charge in [0.05, 0.1) is 23.5 Å². The van der Waals surface area contributed by atoms with E-state index in [9.17, 15) is 9.59 Å². The lowest BCUT2D eigenvalue weighted by Crippen LogP contribution is -2.30. The van der Waals surface area contributed by atoms with Crippen molar-refractivity contribution < 1.29 is 19.4 Å². The molecule has 0 aromatic carbocycles. The highest BCUT2D eigenvalue weighted by atomic mass is 16.6. The SMILES string of the molecule is O=C(O)c1ccnc(-c2ccnc(NCCN3CCOC3=O)n2)c1. The summed E-state index contributed by atoms with van der Waals surface area (Å²) in [5.41, 5.74) is 1.10. The lowest BCUT2D eigenvalue weighted by molar-refractivity contribution is 0.0696. The third-order valence-corrected chi connectivity index (χ3v) is 3.43. The number of carbonyl (C=O) groups excluding carboxylic acids is 1. The van der Waals surface area contributed by atoms with Gasteiger partial charge in [0, 0.05) is 25.5 Å². The van der Waals surface area contributed by atoms with Crippen molar-refractivity contribution in [3.8, 4) is 11.4 Å². The number of nitrogens with one attached hydrogen (secondary N) is 1. The molecule has 2 aromatic rings. The van der Waals surface area contributed by atoms with E-state index in [1.54, 1.807) is 17.2 Å². The second-order valence-corrected chi connectivity index (χ2v) is 5.03. The minimum absolute atomic E-state index is 0.140. The van der Waals surface area contributed by atoms with Crippen LogP contribution in [0.2, 0.25) is 0 Å². The van der Waals surface area contributed by atoms with Gasteiger partial charge in [-0.2, -0.15) is 0 Å². The van der Waals surface area contributed by atoms with Crippen LogP contribution >= 0.6 is 0 Å². The molecule has 24 heavy (non-hydrogen) atoms. The van der Waals surface area contributed by atoms with E-state index in [2.05, 4.69) is 20.3 Å². The smallest absolute Gasteiger partial charge is 0.409 e. The normalized spacial score (nSPS) is 13.7. The first-order chi connectivity index (χ1) is 11.6. The van der Waals surface area contributed by atoms with Gasteiger partial charge in [-0.1, -0.05) is 0 Å². The zero-order chi connectivity index (χ0) is 16.9. The van der Waals surface area contributed by atoms with Gasteiger partial charge in [0.15, 0.2) is 0 Å². The number of aromatic nitrogens is 3. The first-order valence-electron chi connectivity index (χ1n) is 7.32. The molecule has 2 N–H and O–H groups in total. The lowest BCUT2D eigenvalue weighted by atomic mass is 10.2. The van der Waals surface area contributed by atoms with Crippen LogP contribution in [-0.4, -0.2) is 63.3 Å². The quantitative estimate of drug-likeness (QED) is 0.809. The Morgan fingerprint density at radius 2 is 2.12 bits per heavy atom. The third-order valence-electron chi connectivity index (χ3n) is 3.43. The van der Waals surface area contributed by atoms with Crippen molar-refractivity contribution in [1.82, 2.24) is 19.9 Å². The number of carbonyl (C=O) groups is 2. The molecular formula is C15H15N5O4. The van der Waals surface area contributed by atoms with E-state index in [1.165, 1.54) is 18.3 Å². The largest absolute Gasteiger partial charge is 0.478 e. The fourth-order valence-electron chi connectivity index (χ4n) is 2.22. The van der Waals surface area contributed by atoms with Gasteiger partial charge < -0.3 is 20.1 Å². The van der Waals surface area contributed by atoms with Crippen LogP contribution in [0.4, 0.5) is 10.7 Å². The van der Waals surface area contributed by atoms with Crippen LogP contribution in [-0.2, 0) is 4.74 Å². The zero-order valence-corrected chi connectivity index (χ0v) is 12.7. The average molecular weight is 329 g/mol. The van der Waals surface area contributed by atoms with Crippen LogP contribution in [0.15, 0.2) is 30.6 Å². The number of hydrogen-bond donors (Lipinski definition) is 2. The standard InChI is InChI=1S/C15H15N5O4/c21-13(22)10-1-3-16-12(9-10)11-2-4-17-14(19-11)18-5-6-20-7-8-24-15(20)23/h1-4,9H,5-8H2,(H,21,22)(H,17,18,19). The van der Waals surface area contributed by atoms with Gasteiger partial charge in [-0.05, 0) is 18.2 Å². The molecule has 0 spiro atoms. The molecule has 3 rings (SSSR count). The number of anilines is 1. The Balaban J connectivity index is 1.66. The molecule has 0 bridgehead atoms. The van der Waals surface area contributed by atoms with E-state index in [-0.39, 0.29) is 11.7 Å². The molecule has 1 aliphatic heterocycles. The Morgan fingerprint density at radius 1 is 1.29 bits per heavy atom. The Labute approximate surface area is 137 Å². The maximum absolute atomic E-state index is 11.3. The van der Waals surface area contributed by atoms with Crippen molar-refractivity contribution in [1.29, 1.82) is 0 Å². The first-order valence-corrected chi connectivity index (χ1v) is 7.32. The van der Waals surface area contributed by atoms with Crippen LogP contribution in [0.3, 0.4) is 0 Å². The van der Waals surface area contributed by atoms with Crippen LogP contribution in [0.5, 0.6) is 0 Å². The fourth-order valence-corrected chi connectivity index (χ4v) is 2.22. The third kappa shape index (κ3) is 3.57. The minimum atomic E-state index is -1.02. The van der Waals surface area contributed by atoms with Crippen LogP contribution in [0.1, 0.15) is 10.4 Å². The number of pyridine rings is 1. The minimum Gasteiger partial charge on any atom is -0.478 e. The summed E-state index contributed by atoms with van der Waals surface area (Å²) in [5.74, 6) is -0.647. The van der Waals surface area contributed by atoms with Crippen molar-refractivity contribution in [2.75, 3.05) is 31.6 Å². The predicted molar refractivity (Wildman–Crippen MR) is 83.6 cm³/mol. The zero-order valence-electron chi connectivity index (χ0n) is 12.7. The summed E-state index contributed by atoms with van der Waals surface area (Å²) in [6, 6.07) is 4.52. The number of amides is 1. The number of rotatable bonds is 6. The Bertz CT molecular complexity index is 767. The predicted octanol–water partition coefficient (Wildman–Crippen LogP) is 1.10. The summed E-state index contributed by atoms with van der Waals surface area (Å²) < 4.78 is 4.85. The summed E-state index contributed by atoms with van der Waals surface area (Å²) in [7, 11) is 0. The molecule has 2 aromatic heterocycles. The van der Waals surface area contributed by atoms with Crippen molar-refractivity contribution in [3.63, 3.8) is 0 Å². The topological polar surface area (TPSA) is 118 Å². The van der Waals surface area contributed by atoms with E-state index < -0.39 is 5.97 Å². The van der Waals surface area contributed by atoms with Crippen LogP contribution in [0.25, 0.3) is 11.4 Å². The maximum Gasteiger partial charge on any atom is 0.409 e. The summed E-state index contributed by atoms with van der Waals surface area (Å²) >= 11 is 0. The van der Waals surface area contributed by atoms with Crippen molar-refractivity contribution in [2.45, 2.75) is 0 Å². The molecule has 3 heterocycles. The highest BCUT2D eigenvalue weighted by Gasteiger charge is 2.20. The van der Waals surface area contributed by atoms with E-state index in [0.29, 0.717) is 43.6 Å². The fraction of sp³-hybridized carbons (Fsp3) is 0.267. The molecule has 1 saturated heterocycles. The van der Waals surface area contributed by atoms with Crippen molar-refractivity contribution in [2.24, 2.45) is 0 Å². The first kappa shape index (κ1) is 15.7. The molecule has 1 aliphatic rings. The molecule has 0 radical (unpaired) electrons. The van der Waals surface area contributed by atoms with Gasteiger partial charge in [0.1, 0.15) is 6.61 Å². The van der Waals surface area contributed by atoms with Crippen LogP contribution in [0, 0.1) is 0 Å². The molecule has 9 nitrogen and oxygen atoms in total. The summed E-state index contributed by atoms with van der Waals surface area (Å²) in [6.07, 6.45) is 2.66. The molecule has 124 valence electrons. The van der Waals surface area contributed by atoms with Crippen LogP contribution < -0.4 is 5.32 Å². The van der Waals surface area contributed by atoms with Gasteiger partial charge >= 0.3 is 12.1 Å². The average Bonchev–Trinajstić information content (AvgIpc) is 3.00. The molecule has 0 aliphatic carbocycles. The lowest BCUT2D eigenvalue weighted by Gasteiger charge is -2.13. The highest BCUT2D eigenvalue weighted by Crippen LogP contribution is 2.16. The van der Waals surface area contributed by atoms with E-state index in [0.717, 1.165) is 0 Å². The van der Waals surface area contributed by atoms with Gasteiger partial charge in [-0.25, -0.2) is 19.6 Å². The molecule has 1 fully saturated rings. The molecular weight excluding hydrogens is 314 g/mol. The summed E-state index contributed by atoms with van der Waals surface area (Å²) in [6.45, 7) is 1.95. The summed E-state index contributed by atoms with van der Waals surface area (Å²) in [5, 5.41) is 12.1. The maximum atomic E-state index is 11.3. The number of aromatic carboxylic acids is 1. The number of ether oxygens (including phenoxy) is 1. The molecule has 1 amide bonds. The van der Waals surface area contributed by atoms with Gasteiger partial charge in [0.2, 0.25) is 5.95 Å². The van der Waals surface area contributed by atoms with Gasteiger partial charge in [-0.15, -0.1) is 0 Å². The summed E-state index contributed by atoms with van der Waals surface area (Å²) in [4.78, 5) is 36.5. The Hall–Kier alpha value is -3.23. The highest BCUT2D eigenvalue weighted by molar-refractivity contribution is 5.88.